The molecule has 188 valence electrons. The van der Waals surface area contributed by atoms with Gasteiger partial charge < -0.3 is 29.1 Å². The zero-order chi connectivity index (χ0) is 25.0. The third-order valence-corrected chi connectivity index (χ3v) is 7.61. The average Bonchev–Trinajstić information content (AvgIpc) is 3.30. The molecule has 10 heteroatoms. The minimum absolute atomic E-state index is 0.0203. The topological polar surface area (TPSA) is 95.3 Å². The maximum absolute atomic E-state index is 15.7. The Bertz CT molecular complexity index is 1270. The number of aromatic carboxylic acids is 1. The largest absolute Gasteiger partial charge is 0.492 e. The van der Waals surface area contributed by atoms with Crippen LogP contribution in [0.3, 0.4) is 0 Å². The Morgan fingerprint density at radius 1 is 1.14 bits per heavy atom. The number of fused-ring (bicyclic) bond motifs is 1. The van der Waals surface area contributed by atoms with Crippen molar-refractivity contribution in [1.82, 2.24) is 9.47 Å². The lowest BCUT2D eigenvalue weighted by Gasteiger charge is -2.30. The second kappa shape index (κ2) is 8.73. The monoisotopic (exact) mass is 486 g/mol. The summed E-state index contributed by atoms with van der Waals surface area (Å²) in [6, 6.07) is 1.12. The molecular formula is C25H31FN4O5. The number of methoxy groups -OCH3 is 1. The van der Waals surface area contributed by atoms with Crippen LogP contribution >= 0.6 is 0 Å². The minimum atomic E-state index is -1.30. The number of halogens is 1. The predicted molar refractivity (Wildman–Crippen MR) is 130 cm³/mol. The van der Waals surface area contributed by atoms with Crippen molar-refractivity contribution >= 4 is 34.3 Å². The SMILES string of the molecule is COc1c(N2CCC(N(C)C(C)=O)C2)c(F)cc2c(=O)c(C(=O)O)c(N3CCCC3)n(C3CC3)c12. The van der Waals surface area contributed by atoms with Crippen LogP contribution in [0.4, 0.5) is 15.9 Å². The molecule has 9 nitrogen and oxygen atoms in total. The summed E-state index contributed by atoms with van der Waals surface area (Å²) < 4.78 is 23.4. The highest BCUT2D eigenvalue weighted by Crippen LogP contribution is 2.47. The van der Waals surface area contributed by atoms with Gasteiger partial charge in [-0.1, -0.05) is 0 Å². The van der Waals surface area contributed by atoms with Crippen LogP contribution in [0.25, 0.3) is 10.9 Å². The van der Waals surface area contributed by atoms with Gasteiger partial charge in [0.15, 0.2) is 11.6 Å². The van der Waals surface area contributed by atoms with Crippen molar-refractivity contribution in [3.63, 3.8) is 0 Å². The van der Waals surface area contributed by atoms with E-state index in [2.05, 4.69) is 0 Å². The molecule has 1 unspecified atom stereocenters. The first-order chi connectivity index (χ1) is 16.7. The maximum atomic E-state index is 15.7. The molecular weight excluding hydrogens is 455 g/mol. The summed E-state index contributed by atoms with van der Waals surface area (Å²) in [5.41, 5.74) is -0.286. The Hall–Kier alpha value is -3.30. The van der Waals surface area contributed by atoms with Crippen LogP contribution in [0.1, 0.15) is 55.4 Å². The summed E-state index contributed by atoms with van der Waals surface area (Å²) in [5.74, 6) is -1.34. The van der Waals surface area contributed by atoms with Crippen molar-refractivity contribution in [2.75, 3.05) is 50.1 Å². The Labute approximate surface area is 202 Å². The number of carbonyl (C=O) groups excluding carboxylic acids is 1. The van der Waals surface area contributed by atoms with Crippen molar-refractivity contribution in [3.05, 3.63) is 27.7 Å². The first-order valence-electron chi connectivity index (χ1n) is 12.2. The van der Waals surface area contributed by atoms with Crippen molar-refractivity contribution in [2.45, 2.75) is 51.1 Å². The van der Waals surface area contributed by atoms with Gasteiger partial charge in [0, 0.05) is 46.2 Å². The maximum Gasteiger partial charge on any atom is 0.343 e. The molecule has 0 radical (unpaired) electrons. The number of carboxylic acid groups (broad SMARTS) is 1. The van der Waals surface area contributed by atoms with Gasteiger partial charge in [-0.05, 0) is 38.2 Å². The number of rotatable bonds is 6. The van der Waals surface area contributed by atoms with Gasteiger partial charge in [-0.25, -0.2) is 9.18 Å². The van der Waals surface area contributed by atoms with E-state index < -0.39 is 17.2 Å². The van der Waals surface area contributed by atoms with Gasteiger partial charge in [-0.2, -0.15) is 0 Å². The lowest BCUT2D eigenvalue weighted by molar-refractivity contribution is -0.129. The lowest BCUT2D eigenvalue weighted by atomic mass is 10.1. The smallest absolute Gasteiger partial charge is 0.343 e. The zero-order valence-corrected chi connectivity index (χ0v) is 20.3. The number of aromatic nitrogens is 1. The second-order valence-corrected chi connectivity index (χ2v) is 9.78. The van der Waals surface area contributed by atoms with Gasteiger partial charge in [-0.3, -0.25) is 9.59 Å². The van der Waals surface area contributed by atoms with Gasteiger partial charge in [0.1, 0.15) is 17.1 Å². The third-order valence-electron chi connectivity index (χ3n) is 7.61. The van der Waals surface area contributed by atoms with Crippen LogP contribution in [0.15, 0.2) is 10.9 Å². The number of pyridine rings is 1. The molecule has 1 atom stereocenters. The fourth-order valence-electron chi connectivity index (χ4n) is 5.61. The third kappa shape index (κ3) is 3.79. The van der Waals surface area contributed by atoms with E-state index in [-0.39, 0.29) is 40.4 Å². The molecule has 35 heavy (non-hydrogen) atoms. The number of carboxylic acids is 1. The molecule has 1 N–H and O–H groups in total. The number of benzene rings is 1. The Kier molecular flexibility index (Phi) is 5.85. The van der Waals surface area contributed by atoms with Gasteiger partial charge >= 0.3 is 5.97 Å². The van der Waals surface area contributed by atoms with Crippen LogP contribution in [-0.4, -0.2) is 72.8 Å². The van der Waals surface area contributed by atoms with Crippen molar-refractivity contribution < 1.29 is 23.8 Å². The number of hydrogen-bond donors (Lipinski definition) is 1. The molecule has 3 fully saturated rings. The number of ether oxygens (including phenoxy) is 1. The number of anilines is 2. The summed E-state index contributed by atoms with van der Waals surface area (Å²) >= 11 is 0. The summed E-state index contributed by atoms with van der Waals surface area (Å²) in [6.07, 6.45) is 4.22. The fraction of sp³-hybridized carbons (Fsp3) is 0.560. The van der Waals surface area contributed by atoms with E-state index in [1.165, 1.54) is 14.0 Å². The predicted octanol–water partition coefficient (Wildman–Crippen LogP) is 2.84. The van der Waals surface area contributed by atoms with E-state index in [4.69, 9.17) is 4.74 Å². The van der Waals surface area contributed by atoms with E-state index in [1.807, 2.05) is 14.4 Å². The first-order valence-corrected chi connectivity index (χ1v) is 12.2. The molecule has 2 saturated heterocycles. The second-order valence-electron chi connectivity index (χ2n) is 9.78. The van der Waals surface area contributed by atoms with Crippen molar-refractivity contribution in [3.8, 4) is 5.75 Å². The van der Waals surface area contributed by atoms with Crippen LogP contribution < -0.4 is 20.0 Å². The fourth-order valence-corrected chi connectivity index (χ4v) is 5.61. The summed E-state index contributed by atoms with van der Waals surface area (Å²) in [5, 5.41) is 10.1. The molecule has 5 rings (SSSR count). The normalized spacial score (nSPS) is 20.1. The first kappa shape index (κ1) is 23.4. The van der Waals surface area contributed by atoms with Crippen LogP contribution in [0.2, 0.25) is 0 Å². The summed E-state index contributed by atoms with van der Waals surface area (Å²) in [4.78, 5) is 43.2. The molecule has 3 aliphatic rings. The standard InChI is InChI=1S/C25H31FN4O5/c1-14(31)27(2)16-8-11-29(13-16)21-18(26)12-17-20(23(21)35-3)30(15-6-7-15)24(28-9-4-5-10-28)19(22(17)32)25(33)34/h12,15-16H,4-11,13H2,1-3H3,(H,33,34). The number of nitrogens with zero attached hydrogens (tertiary/aromatic N) is 4. The Morgan fingerprint density at radius 2 is 1.83 bits per heavy atom. The van der Waals surface area contributed by atoms with E-state index in [0.29, 0.717) is 43.9 Å². The van der Waals surface area contributed by atoms with Crippen LogP contribution in [0.5, 0.6) is 5.75 Å². The molecule has 0 bridgehead atoms. The van der Waals surface area contributed by atoms with E-state index in [0.717, 1.165) is 31.7 Å². The molecule has 2 aliphatic heterocycles. The number of amides is 1. The summed E-state index contributed by atoms with van der Waals surface area (Å²) in [7, 11) is 3.19. The Morgan fingerprint density at radius 3 is 2.40 bits per heavy atom. The van der Waals surface area contributed by atoms with Crippen molar-refractivity contribution in [1.29, 1.82) is 0 Å². The van der Waals surface area contributed by atoms with Crippen LogP contribution in [-0.2, 0) is 4.79 Å². The lowest BCUT2D eigenvalue weighted by Crippen LogP contribution is -2.37. The number of carbonyl (C=O) groups is 2. The van der Waals surface area contributed by atoms with Gasteiger partial charge in [-0.15, -0.1) is 0 Å². The number of likely N-dealkylation sites (N-methyl/N-ethyl adjacent to an activating group) is 1. The van der Waals surface area contributed by atoms with Crippen molar-refractivity contribution in [2.24, 2.45) is 0 Å². The van der Waals surface area contributed by atoms with Gasteiger partial charge in [0.25, 0.3) is 0 Å². The van der Waals surface area contributed by atoms with E-state index in [1.54, 1.807) is 11.9 Å². The minimum Gasteiger partial charge on any atom is -0.492 e. The van der Waals surface area contributed by atoms with Gasteiger partial charge in [0.2, 0.25) is 11.3 Å². The quantitative estimate of drug-likeness (QED) is 0.671. The van der Waals surface area contributed by atoms with E-state index >= 15 is 4.39 Å². The van der Waals surface area contributed by atoms with Crippen LogP contribution in [0, 0.1) is 5.82 Å². The highest BCUT2D eigenvalue weighted by molar-refractivity contribution is 6.02. The molecule has 1 aliphatic carbocycles. The molecule has 1 aromatic carbocycles. The Balaban J connectivity index is 1.77. The van der Waals surface area contributed by atoms with Gasteiger partial charge in [0.05, 0.1) is 24.1 Å². The van der Waals surface area contributed by atoms with E-state index in [9.17, 15) is 19.5 Å². The number of hydrogen-bond acceptors (Lipinski definition) is 6. The molecule has 0 spiro atoms. The molecule has 3 heterocycles. The average molecular weight is 487 g/mol. The molecule has 1 saturated carbocycles. The molecule has 1 amide bonds. The zero-order valence-electron chi connectivity index (χ0n) is 20.3. The molecule has 2 aromatic rings. The summed E-state index contributed by atoms with van der Waals surface area (Å²) in [6.45, 7) is 3.81. The highest BCUT2D eigenvalue weighted by Gasteiger charge is 2.38. The molecule has 1 aromatic heterocycles. The highest BCUT2D eigenvalue weighted by atomic mass is 19.1.